The molecule has 1 aromatic heterocycles. The fraction of sp³-hybridized carbons (Fsp3) is 0.231. The van der Waals surface area contributed by atoms with E-state index in [9.17, 15) is 8.42 Å². The van der Waals surface area contributed by atoms with E-state index in [1.807, 2.05) is 6.07 Å². The number of hydrogen-bond acceptors (Lipinski definition) is 5. The molecule has 0 saturated carbocycles. The van der Waals surface area contributed by atoms with Crippen LogP contribution in [-0.4, -0.2) is 13.4 Å². The molecule has 0 aliphatic rings. The number of benzene rings is 1. The van der Waals surface area contributed by atoms with Gasteiger partial charge in [-0.25, -0.2) is 18.1 Å². The van der Waals surface area contributed by atoms with Crippen molar-refractivity contribution in [2.75, 3.05) is 0 Å². The summed E-state index contributed by atoms with van der Waals surface area (Å²) in [5.74, 6) is 0.922. The third-order valence-corrected chi connectivity index (χ3v) is 4.24. The molecular weight excluding hydrogens is 278 g/mol. The van der Waals surface area contributed by atoms with Crippen LogP contribution in [0, 0.1) is 25.2 Å². The summed E-state index contributed by atoms with van der Waals surface area (Å²) in [5.41, 5.74) is 0.935. The zero-order valence-corrected chi connectivity index (χ0v) is 11.9. The molecule has 0 amide bonds. The normalized spacial score (nSPS) is 11.2. The van der Waals surface area contributed by atoms with Gasteiger partial charge in [-0.05, 0) is 37.6 Å². The largest absolute Gasteiger partial charge is 0.445 e. The summed E-state index contributed by atoms with van der Waals surface area (Å²) >= 11 is 0. The molecule has 104 valence electrons. The maximum atomic E-state index is 12.2. The summed E-state index contributed by atoms with van der Waals surface area (Å²) in [6, 6.07) is 6.38. The zero-order chi connectivity index (χ0) is 14.8. The van der Waals surface area contributed by atoms with E-state index in [-0.39, 0.29) is 11.4 Å². The number of hydrogen-bond donors (Lipinski definition) is 1. The number of nitrogens with zero attached hydrogens (tertiary/aromatic N) is 2. The molecule has 7 heteroatoms. The minimum absolute atomic E-state index is 0.0182. The lowest BCUT2D eigenvalue weighted by Gasteiger charge is -2.08. The molecular formula is C13H13N3O3S. The van der Waals surface area contributed by atoms with E-state index in [4.69, 9.17) is 9.68 Å². The van der Waals surface area contributed by atoms with E-state index in [1.165, 1.54) is 24.4 Å². The average molecular weight is 291 g/mol. The Morgan fingerprint density at radius 3 is 2.70 bits per heavy atom. The molecule has 0 fully saturated rings. The van der Waals surface area contributed by atoms with Crippen LogP contribution in [0.15, 0.2) is 33.7 Å². The Kier molecular flexibility index (Phi) is 3.88. The molecule has 0 radical (unpaired) electrons. The van der Waals surface area contributed by atoms with Gasteiger partial charge in [-0.1, -0.05) is 0 Å². The van der Waals surface area contributed by atoms with Gasteiger partial charge in [0.05, 0.1) is 29.3 Å². The summed E-state index contributed by atoms with van der Waals surface area (Å²) in [6.45, 7) is 3.36. The predicted molar refractivity (Wildman–Crippen MR) is 71.2 cm³/mol. The van der Waals surface area contributed by atoms with Crippen molar-refractivity contribution >= 4 is 10.0 Å². The first-order chi connectivity index (χ1) is 9.42. The molecule has 0 saturated heterocycles. The van der Waals surface area contributed by atoms with Crippen molar-refractivity contribution in [1.82, 2.24) is 9.71 Å². The van der Waals surface area contributed by atoms with Crippen molar-refractivity contribution in [3.8, 4) is 6.07 Å². The number of sulfonamides is 1. The number of nitrogens with one attached hydrogen (secondary N) is 1. The third-order valence-electron chi connectivity index (χ3n) is 2.68. The first-order valence-electron chi connectivity index (χ1n) is 5.84. The van der Waals surface area contributed by atoms with Crippen LogP contribution in [0.2, 0.25) is 0 Å². The smallest absolute Gasteiger partial charge is 0.241 e. The average Bonchev–Trinajstić information content (AvgIpc) is 2.82. The summed E-state index contributed by atoms with van der Waals surface area (Å²) < 4.78 is 32.0. The van der Waals surface area contributed by atoms with Gasteiger partial charge in [0.25, 0.3) is 0 Å². The van der Waals surface area contributed by atoms with Gasteiger partial charge in [0.1, 0.15) is 5.76 Å². The van der Waals surface area contributed by atoms with Gasteiger partial charge in [0.2, 0.25) is 15.9 Å². The van der Waals surface area contributed by atoms with Crippen LogP contribution < -0.4 is 4.72 Å². The lowest BCUT2D eigenvalue weighted by molar-refractivity contribution is 0.463. The Bertz CT molecular complexity index is 772. The predicted octanol–water partition coefficient (Wildman–Crippen LogP) is 1.64. The SMILES string of the molecule is Cc1cnc(CNS(=O)(=O)c2ccc(C#N)cc2C)o1. The molecule has 0 aliphatic carbocycles. The second-order valence-corrected chi connectivity index (χ2v) is 6.02. The maximum absolute atomic E-state index is 12.2. The van der Waals surface area contributed by atoms with Crippen molar-refractivity contribution in [1.29, 1.82) is 5.26 Å². The standard InChI is InChI=1S/C13H13N3O3S/c1-9-5-11(6-14)3-4-12(9)20(17,18)16-8-13-15-7-10(2)19-13/h3-5,7,16H,8H2,1-2H3. The number of rotatable bonds is 4. The molecule has 2 rings (SSSR count). The van der Waals surface area contributed by atoms with Gasteiger partial charge in [0.15, 0.2) is 0 Å². The van der Waals surface area contributed by atoms with Crippen molar-refractivity contribution in [2.24, 2.45) is 0 Å². The first kappa shape index (κ1) is 14.2. The molecule has 20 heavy (non-hydrogen) atoms. The first-order valence-corrected chi connectivity index (χ1v) is 7.32. The molecule has 0 bridgehead atoms. The van der Waals surface area contributed by atoms with Gasteiger partial charge < -0.3 is 4.42 Å². The van der Waals surface area contributed by atoms with Gasteiger partial charge in [0, 0.05) is 0 Å². The molecule has 0 spiro atoms. The monoisotopic (exact) mass is 291 g/mol. The number of nitriles is 1. The van der Waals surface area contributed by atoms with E-state index < -0.39 is 10.0 Å². The van der Waals surface area contributed by atoms with Crippen molar-refractivity contribution in [2.45, 2.75) is 25.3 Å². The maximum Gasteiger partial charge on any atom is 0.241 e. The van der Waals surface area contributed by atoms with E-state index in [0.29, 0.717) is 22.8 Å². The highest BCUT2D eigenvalue weighted by Gasteiger charge is 2.17. The Morgan fingerprint density at radius 2 is 2.15 bits per heavy atom. The molecule has 0 atom stereocenters. The molecule has 0 unspecified atom stereocenters. The number of oxazole rings is 1. The minimum Gasteiger partial charge on any atom is -0.445 e. The van der Waals surface area contributed by atoms with E-state index in [0.717, 1.165) is 0 Å². The highest BCUT2D eigenvalue weighted by atomic mass is 32.2. The quantitative estimate of drug-likeness (QED) is 0.923. The van der Waals surface area contributed by atoms with Crippen LogP contribution in [0.3, 0.4) is 0 Å². The highest BCUT2D eigenvalue weighted by Crippen LogP contribution is 2.16. The van der Waals surface area contributed by atoms with Gasteiger partial charge in [-0.3, -0.25) is 0 Å². The van der Waals surface area contributed by atoms with Crippen molar-refractivity contribution in [3.63, 3.8) is 0 Å². The van der Waals surface area contributed by atoms with Crippen LogP contribution >= 0.6 is 0 Å². The summed E-state index contributed by atoms with van der Waals surface area (Å²) in [4.78, 5) is 4.06. The fourth-order valence-corrected chi connectivity index (χ4v) is 2.94. The van der Waals surface area contributed by atoms with Crippen LogP contribution in [0.25, 0.3) is 0 Å². The fourth-order valence-electron chi connectivity index (χ4n) is 1.74. The molecule has 2 aromatic rings. The second kappa shape index (κ2) is 5.45. The van der Waals surface area contributed by atoms with Crippen LogP contribution in [0.5, 0.6) is 0 Å². The van der Waals surface area contributed by atoms with E-state index in [1.54, 1.807) is 13.8 Å². The van der Waals surface area contributed by atoms with E-state index >= 15 is 0 Å². The Hall–Kier alpha value is -2.17. The topological polar surface area (TPSA) is 96.0 Å². The van der Waals surface area contributed by atoms with Crippen molar-refractivity contribution < 1.29 is 12.8 Å². The molecule has 6 nitrogen and oxygen atoms in total. The number of aromatic nitrogens is 1. The summed E-state index contributed by atoms with van der Waals surface area (Å²) in [5, 5.41) is 8.77. The highest BCUT2D eigenvalue weighted by molar-refractivity contribution is 7.89. The Balaban J connectivity index is 2.20. The third kappa shape index (κ3) is 3.04. The Morgan fingerprint density at radius 1 is 1.40 bits per heavy atom. The number of aryl methyl sites for hydroxylation is 2. The lowest BCUT2D eigenvalue weighted by Crippen LogP contribution is -2.24. The molecule has 0 aliphatic heterocycles. The van der Waals surface area contributed by atoms with E-state index in [2.05, 4.69) is 9.71 Å². The van der Waals surface area contributed by atoms with Gasteiger partial charge in [-0.15, -0.1) is 0 Å². The van der Waals surface area contributed by atoms with Gasteiger partial charge in [-0.2, -0.15) is 5.26 Å². The van der Waals surface area contributed by atoms with Crippen LogP contribution in [0.4, 0.5) is 0 Å². The van der Waals surface area contributed by atoms with Crippen LogP contribution in [0.1, 0.15) is 22.8 Å². The molecule has 1 heterocycles. The molecule has 1 aromatic carbocycles. The second-order valence-electron chi connectivity index (χ2n) is 4.28. The molecule has 1 N–H and O–H groups in total. The summed E-state index contributed by atoms with van der Waals surface area (Å²) in [7, 11) is -3.66. The Labute approximate surface area is 117 Å². The minimum atomic E-state index is -3.66. The lowest BCUT2D eigenvalue weighted by atomic mass is 10.2. The van der Waals surface area contributed by atoms with Crippen molar-refractivity contribution in [3.05, 3.63) is 47.2 Å². The van der Waals surface area contributed by atoms with Crippen LogP contribution in [-0.2, 0) is 16.6 Å². The zero-order valence-electron chi connectivity index (χ0n) is 11.0. The van der Waals surface area contributed by atoms with Gasteiger partial charge >= 0.3 is 0 Å². The summed E-state index contributed by atoms with van der Waals surface area (Å²) in [6.07, 6.45) is 1.52.